The van der Waals surface area contributed by atoms with E-state index in [4.69, 9.17) is 0 Å². The molecule has 0 heterocycles. The molecule has 0 bridgehead atoms. The molecule has 0 rings (SSSR count). The first-order valence-electron chi connectivity index (χ1n) is 1.05. The molecule has 27 valence electrons. The molecular weight excluding hydrogens is 78.9 g/mol. The largest absolute Gasteiger partial charge is 0.138 e. The maximum absolute atomic E-state index is 3.44. The first-order valence-corrected chi connectivity index (χ1v) is 2.34. The van der Waals surface area contributed by atoms with Gasteiger partial charge in [0.2, 0.25) is 0 Å². The Labute approximate surface area is 39.2 Å². The maximum atomic E-state index is 3.44. The average Bonchev–Trinajstić information content (AvgIpc) is 1.37. The van der Waals surface area contributed by atoms with Crippen LogP contribution in [0.5, 0.6) is 0 Å². The minimum Gasteiger partial charge on any atom is -0.138 e. The molecule has 0 aliphatic rings. The predicted octanol–water partition coefficient (Wildman–Crippen LogP) is 1.11. The van der Waals surface area contributed by atoms with Gasteiger partial charge in [0.25, 0.3) is 0 Å². The van der Waals surface area contributed by atoms with Gasteiger partial charge in [-0.15, -0.1) is 11.8 Å². The average molecular weight is 85.0 g/mol. The van der Waals surface area contributed by atoms with Crippen LogP contribution in [0.3, 0.4) is 0 Å². The fraction of sp³-hybridized carbons (Fsp3) is 0.333. The smallest absolute Gasteiger partial charge is 0 e. The van der Waals surface area contributed by atoms with E-state index in [9.17, 15) is 0 Å². The second-order valence-electron chi connectivity index (χ2n) is 0.402. The Balaban J connectivity index is 0. The topological polar surface area (TPSA) is 0 Å². The van der Waals surface area contributed by atoms with Crippen LogP contribution in [0.2, 0.25) is 0 Å². The van der Waals surface area contributed by atoms with E-state index < -0.39 is 0 Å². The standard InChI is InChI=1S/C3H6S.B/c1-3-4-2;/h3H,1H2,2H3;. The van der Waals surface area contributed by atoms with Crippen molar-refractivity contribution >= 4 is 20.2 Å². The molecule has 0 aromatic rings. The lowest BCUT2D eigenvalue weighted by molar-refractivity contribution is 2.46. The van der Waals surface area contributed by atoms with E-state index in [-0.39, 0.29) is 8.41 Å². The van der Waals surface area contributed by atoms with Crippen LogP contribution in [0.1, 0.15) is 0 Å². The molecule has 0 nitrogen and oxygen atoms in total. The lowest BCUT2D eigenvalue weighted by Crippen LogP contribution is -1.25. The van der Waals surface area contributed by atoms with Crippen molar-refractivity contribution in [2.24, 2.45) is 0 Å². The molecule has 0 atom stereocenters. The van der Waals surface area contributed by atoms with Gasteiger partial charge < -0.3 is 0 Å². The van der Waals surface area contributed by atoms with Gasteiger partial charge in [0.05, 0.1) is 0 Å². The number of thioether (sulfide) groups is 1. The molecule has 0 saturated heterocycles. The molecule has 0 aliphatic heterocycles. The third-order valence-corrected chi connectivity index (χ3v) is 0.500. The Kier molecular flexibility index (Phi) is 15.9. The Morgan fingerprint density at radius 1 is 1.80 bits per heavy atom. The zero-order valence-electron chi connectivity index (χ0n) is 3.27. The highest BCUT2D eigenvalue weighted by molar-refractivity contribution is 8.01. The van der Waals surface area contributed by atoms with Crippen LogP contribution >= 0.6 is 11.8 Å². The van der Waals surface area contributed by atoms with Crippen LogP contribution in [0, 0.1) is 0 Å². The number of hydrogen-bond acceptors (Lipinski definition) is 1. The summed E-state index contributed by atoms with van der Waals surface area (Å²) in [5, 5.41) is 1.79. The van der Waals surface area contributed by atoms with Gasteiger partial charge in [0.1, 0.15) is 0 Å². The molecule has 0 unspecified atom stereocenters. The molecule has 0 aromatic heterocycles. The number of hydrogen-bond donors (Lipinski definition) is 0. The minimum atomic E-state index is 0. The molecule has 0 fully saturated rings. The summed E-state index contributed by atoms with van der Waals surface area (Å²) in [6, 6.07) is 0. The van der Waals surface area contributed by atoms with Gasteiger partial charge >= 0.3 is 0 Å². The highest BCUT2D eigenvalue weighted by Gasteiger charge is 1.43. The molecule has 0 aliphatic carbocycles. The quantitative estimate of drug-likeness (QED) is 0.430. The van der Waals surface area contributed by atoms with E-state index >= 15 is 0 Å². The zero-order valence-corrected chi connectivity index (χ0v) is 4.09. The van der Waals surface area contributed by atoms with Gasteiger partial charge in [-0.2, -0.15) is 0 Å². The van der Waals surface area contributed by atoms with E-state index in [2.05, 4.69) is 6.58 Å². The van der Waals surface area contributed by atoms with Gasteiger partial charge in [-0.1, -0.05) is 6.58 Å². The minimum absolute atomic E-state index is 0. The number of rotatable bonds is 1. The second kappa shape index (κ2) is 8.91. The van der Waals surface area contributed by atoms with E-state index in [0.717, 1.165) is 0 Å². The van der Waals surface area contributed by atoms with Crippen LogP contribution in [0.25, 0.3) is 0 Å². The highest BCUT2D eigenvalue weighted by Crippen LogP contribution is 1.85. The molecule has 0 N–H and O–H groups in total. The summed E-state index contributed by atoms with van der Waals surface area (Å²) >= 11 is 1.62. The van der Waals surface area contributed by atoms with Crippen molar-refractivity contribution < 1.29 is 0 Å². The summed E-state index contributed by atoms with van der Waals surface area (Å²) in [4.78, 5) is 0. The summed E-state index contributed by atoms with van der Waals surface area (Å²) in [6.45, 7) is 3.44. The summed E-state index contributed by atoms with van der Waals surface area (Å²) in [6.07, 6.45) is 1.98. The Bertz CT molecular complexity index is 20.9. The molecule has 0 spiro atoms. The zero-order chi connectivity index (χ0) is 3.41. The van der Waals surface area contributed by atoms with E-state index in [0.29, 0.717) is 0 Å². The van der Waals surface area contributed by atoms with E-state index in [1.165, 1.54) is 0 Å². The monoisotopic (exact) mass is 85.0 g/mol. The van der Waals surface area contributed by atoms with Crippen molar-refractivity contribution in [3.8, 4) is 0 Å². The first-order chi connectivity index (χ1) is 1.91. The van der Waals surface area contributed by atoms with E-state index in [1.807, 2.05) is 6.26 Å². The lowest BCUT2D eigenvalue weighted by Gasteiger charge is -1.59. The van der Waals surface area contributed by atoms with Crippen LogP contribution in [-0.4, -0.2) is 14.7 Å². The molecule has 0 amide bonds. The van der Waals surface area contributed by atoms with Crippen molar-refractivity contribution in [2.75, 3.05) is 6.26 Å². The SMILES string of the molecule is C=CSC.[B]. The predicted molar refractivity (Wildman–Crippen MR) is 29.5 cm³/mol. The molecular formula is C3H6BS. The van der Waals surface area contributed by atoms with Crippen LogP contribution < -0.4 is 0 Å². The summed E-state index contributed by atoms with van der Waals surface area (Å²) in [5.41, 5.74) is 0. The van der Waals surface area contributed by atoms with Crippen molar-refractivity contribution in [1.29, 1.82) is 0 Å². The molecule has 5 heavy (non-hydrogen) atoms. The fourth-order valence-corrected chi connectivity index (χ4v) is 0. The molecule has 0 saturated carbocycles. The highest BCUT2D eigenvalue weighted by atomic mass is 32.2. The van der Waals surface area contributed by atoms with Gasteiger partial charge in [-0.05, 0) is 11.7 Å². The van der Waals surface area contributed by atoms with Crippen LogP contribution in [0.4, 0.5) is 0 Å². The molecule has 0 aromatic carbocycles. The van der Waals surface area contributed by atoms with Crippen LogP contribution in [-0.2, 0) is 0 Å². The van der Waals surface area contributed by atoms with Crippen molar-refractivity contribution in [3.63, 3.8) is 0 Å². The van der Waals surface area contributed by atoms with Crippen molar-refractivity contribution in [1.82, 2.24) is 0 Å². The molecule has 2 heteroatoms. The maximum Gasteiger partial charge on any atom is 0 e. The van der Waals surface area contributed by atoms with Crippen molar-refractivity contribution in [3.05, 3.63) is 12.0 Å². The Morgan fingerprint density at radius 2 is 2.00 bits per heavy atom. The first kappa shape index (κ1) is 8.94. The summed E-state index contributed by atoms with van der Waals surface area (Å²) in [5.74, 6) is 0. The third kappa shape index (κ3) is 14.5. The van der Waals surface area contributed by atoms with Gasteiger partial charge in [-0.25, -0.2) is 0 Å². The van der Waals surface area contributed by atoms with Gasteiger partial charge in [-0.3, -0.25) is 0 Å². The second-order valence-corrected chi connectivity index (χ2v) is 1.21. The van der Waals surface area contributed by atoms with Crippen LogP contribution in [0.15, 0.2) is 12.0 Å². The normalized spacial score (nSPS) is 5.00. The van der Waals surface area contributed by atoms with Crippen molar-refractivity contribution in [2.45, 2.75) is 0 Å². The Morgan fingerprint density at radius 3 is 2.00 bits per heavy atom. The summed E-state index contributed by atoms with van der Waals surface area (Å²) in [7, 11) is 0. The lowest BCUT2D eigenvalue weighted by atomic mass is 10.8. The summed E-state index contributed by atoms with van der Waals surface area (Å²) < 4.78 is 0. The molecule has 3 radical (unpaired) electrons. The fourth-order valence-electron chi connectivity index (χ4n) is 0. The Hall–Kier alpha value is 0.155. The van der Waals surface area contributed by atoms with E-state index in [1.54, 1.807) is 17.2 Å². The van der Waals surface area contributed by atoms with Gasteiger partial charge in [0.15, 0.2) is 0 Å². The third-order valence-electron chi connectivity index (χ3n) is 0.167. The van der Waals surface area contributed by atoms with Gasteiger partial charge in [0, 0.05) is 8.41 Å².